The highest BCUT2D eigenvalue weighted by atomic mass is 16.1. The van der Waals surface area contributed by atoms with Crippen LogP contribution in [0.4, 0.5) is 0 Å². The number of rotatable bonds is 3. The predicted octanol–water partition coefficient (Wildman–Crippen LogP) is 2.71. The number of benzene rings is 2. The number of aromatic amines is 1. The van der Waals surface area contributed by atoms with Crippen molar-refractivity contribution in [2.45, 2.75) is 12.8 Å². The number of fused-ring (bicyclic) bond motifs is 1. The van der Waals surface area contributed by atoms with Gasteiger partial charge in [-0.2, -0.15) is 0 Å². The zero-order valence-electron chi connectivity index (χ0n) is 10.5. The molecule has 0 amide bonds. The Morgan fingerprint density at radius 2 is 1.74 bits per heavy atom. The molecule has 1 heterocycles. The molecule has 1 aromatic heterocycles. The van der Waals surface area contributed by atoms with Gasteiger partial charge in [-0.1, -0.05) is 36.4 Å². The number of aryl methyl sites for hydroxylation is 2. The monoisotopic (exact) mass is 250 g/mol. The highest BCUT2D eigenvalue weighted by Crippen LogP contribution is 2.12. The molecule has 0 bridgehead atoms. The molecule has 0 saturated carbocycles. The van der Waals surface area contributed by atoms with Gasteiger partial charge >= 0.3 is 0 Å². The maximum Gasteiger partial charge on any atom is 0.258 e. The number of nitrogens with zero attached hydrogens (tertiary/aromatic N) is 1. The second-order valence-corrected chi connectivity index (χ2v) is 4.57. The molecule has 0 fully saturated rings. The van der Waals surface area contributed by atoms with Crippen LogP contribution >= 0.6 is 0 Å². The van der Waals surface area contributed by atoms with Crippen molar-refractivity contribution in [1.82, 2.24) is 9.97 Å². The summed E-state index contributed by atoms with van der Waals surface area (Å²) >= 11 is 0. The Kier molecular flexibility index (Phi) is 3.11. The quantitative estimate of drug-likeness (QED) is 0.776. The lowest BCUT2D eigenvalue weighted by molar-refractivity contribution is 0.961. The van der Waals surface area contributed by atoms with Gasteiger partial charge in [0, 0.05) is 0 Å². The van der Waals surface area contributed by atoms with Gasteiger partial charge in [0.2, 0.25) is 0 Å². The van der Waals surface area contributed by atoms with Crippen molar-refractivity contribution >= 4 is 10.9 Å². The van der Waals surface area contributed by atoms with Crippen LogP contribution in [0, 0.1) is 0 Å². The van der Waals surface area contributed by atoms with Crippen molar-refractivity contribution in [2.24, 2.45) is 0 Å². The second-order valence-electron chi connectivity index (χ2n) is 4.57. The molecule has 3 heteroatoms. The normalized spacial score (nSPS) is 10.7. The van der Waals surface area contributed by atoms with Crippen LogP contribution in [0.15, 0.2) is 59.7 Å². The Labute approximate surface area is 111 Å². The SMILES string of the molecule is O=c1[nH]cnc2ccc(CCc3ccccc3)cc12. The lowest BCUT2D eigenvalue weighted by Gasteiger charge is -2.03. The van der Waals surface area contributed by atoms with E-state index < -0.39 is 0 Å². The summed E-state index contributed by atoms with van der Waals surface area (Å²) in [6, 6.07) is 16.2. The van der Waals surface area contributed by atoms with Crippen LogP contribution < -0.4 is 5.56 Å². The average Bonchev–Trinajstić information content (AvgIpc) is 2.47. The van der Waals surface area contributed by atoms with Crippen molar-refractivity contribution < 1.29 is 0 Å². The molecule has 0 saturated heterocycles. The fourth-order valence-electron chi connectivity index (χ4n) is 2.20. The number of nitrogens with one attached hydrogen (secondary N) is 1. The van der Waals surface area contributed by atoms with Crippen molar-refractivity contribution in [3.8, 4) is 0 Å². The van der Waals surface area contributed by atoms with Crippen molar-refractivity contribution in [2.75, 3.05) is 0 Å². The minimum atomic E-state index is -0.0773. The second kappa shape index (κ2) is 5.06. The highest BCUT2D eigenvalue weighted by molar-refractivity contribution is 5.77. The first-order chi connectivity index (χ1) is 9.33. The maximum absolute atomic E-state index is 11.7. The molecular formula is C16H14N2O. The predicted molar refractivity (Wildman–Crippen MR) is 76.2 cm³/mol. The summed E-state index contributed by atoms with van der Waals surface area (Å²) in [4.78, 5) is 18.5. The zero-order valence-corrected chi connectivity index (χ0v) is 10.5. The fraction of sp³-hybridized carbons (Fsp3) is 0.125. The topological polar surface area (TPSA) is 45.8 Å². The van der Waals surface area contributed by atoms with Gasteiger partial charge in [0.25, 0.3) is 5.56 Å². The first-order valence-corrected chi connectivity index (χ1v) is 6.33. The number of H-pyrrole nitrogens is 1. The van der Waals surface area contributed by atoms with E-state index in [-0.39, 0.29) is 5.56 Å². The third-order valence-electron chi connectivity index (χ3n) is 3.25. The smallest absolute Gasteiger partial charge is 0.258 e. The third-order valence-corrected chi connectivity index (χ3v) is 3.25. The lowest BCUT2D eigenvalue weighted by Crippen LogP contribution is -2.06. The molecule has 0 spiro atoms. The molecule has 0 aliphatic rings. The Balaban J connectivity index is 1.86. The van der Waals surface area contributed by atoms with Crippen LogP contribution in [0.3, 0.4) is 0 Å². The molecule has 2 aromatic carbocycles. The summed E-state index contributed by atoms with van der Waals surface area (Å²) in [7, 11) is 0. The summed E-state index contributed by atoms with van der Waals surface area (Å²) in [6.45, 7) is 0. The summed E-state index contributed by atoms with van der Waals surface area (Å²) in [5, 5.41) is 0.660. The summed E-state index contributed by atoms with van der Waals surface area (Å²) in [6.07, 6.45) is 3.34. The Morgan fingerprint density at radius 3 is 2.58 bits per heavy atom. The van der Waals surface area contributed by atoms with Crippen LogP contribution in [0.1, 0.15) is 11.1 Å². The molecule has 0 aliphatic heterocycles. The van der Waals surface area contributed by atoms with Gasteiger partial charge in [0.05, 0.1) is 17.2 Å². The number of aromatic nitrogens is 2. The molecule has 3 aromatic rings. The van der Waals surface area contributed by atoms with E-state index in [0.29, 0.717) is 5.39 Å². The Morgan fingerprint density at radius 1 is 0.947 bits per heavy atom. The minimum Gasteiger partial charge on any atom is -0.313 e. The van der Waals surface area contributed by atoms with Gasteiger partial charge in [-0.05, 0) is 36.1 Å². The molecule has 94 valence electrons. The van der Waals surface area contributed by atoms with E-state index in [9.17, 15) is 4.79 Å². The minimum absolute atomic E-state index is 0.0773. The van der Waals surface area contributed by atoms with Crippen molar-refractivity contribution in [3.05, 3.63) is 76.3 Å². The molecule has 0 unspecified atom stereocenters. The molecule has 0 atom stereocenters. The first-order valence-electron chi connectivity index (χ1n) is 6.33. The highest BCUT2D eigenvalue weighted by Gasteiger charge is 2.01. The Hall–Kier alpha value is -2.42. The van der Waals surface area contributed by atoms with Gasteiger partial charge in [0.1, 0.15) is 0 Å². The van der Waals surface area contributed by atoms with E-state index in [1.807, 2.05) is 36.4 Å². The lowest BCUT2D eigenvalue weighted by atomic mass is 10.0. The average molecular weight is 250 g/mol. The Bertz CT molecular complexity index is 747. The van der Waals surface area contributed by atoms with Gasteiger partial charge in [0.15, 0.2) is 0 Å². The van der Waals surface area contributed by atoms with Gasteiger partial charge in [-0.25, -0.2) is 4.98 Å². The van der Waals surface area contributed by atoms with E-state index >= 15 is 0 Å². The summed E-state index contributed by atoms with van der Waals surface area (Å²) in [5.74, 6) is 0. The van der Waals surface area contributed by atoms with Crippen LogP contribution in [-0.4, -0.2) is 9.97 Å². The fourth-order valence-corrected chi connectivity index (χ4v) is 2.20. The molecular weight excluding hydrogens is 236 g/mol. The first kappa shape index (κ1) is 11.7. The van der Waals surface area contributed by atoms with Crippen molar-refractivity contribution in [1.29, 1.82) is 0 Å². The van der Waals surface area contributed by atoms with E-state index in [4.69, 9.17) is 0 Å². The van der Waals surface area contributed by atoms with E-state index in [0.717, 1.165) is 23.9 Å². The molecule has 0 radical (unpaired) electrons. The molecule has 19 heavy (non-hydrogen) atoms. The largest absolute Gasteiger partial charge is 0.313 e. The van der Waals surface area contributed by atoms with E-state index in [1.54, 1.807) is 0 Å². The molecule has 0 aliphatic carbocycles. The standard InChI is InChI=1S/C16H14N2O/c19-16-14-10-13(8-9-15(14)17-11-18-16)7-6-12-4-2-1-3-5-12/h1-5,8-11H,6-7H2,(H,17,18,19). The van der Waals surface area contributed by atoms with E-state index in [1.165, 1.54) is 11.9 Å². The van der Waals surface area contributed by atoms with Gasteiger partial charge < -0.3 is 4.98 Å². The van der Waals surface area contributed by atoms with Crippen molar-refractivity contribution in [3.63, 3.8) is 0 Å². The third kappa shape index (κ3) is 2.55. The van der Waals surface area contributed by atoms with Gasteiger partial charge in [-0.15, -0.1) is 0 Å². The van der Waals surface area contributed by atoms with Crippen LogP contribution in [-0.2, 0) is 12.8 Å². The van der Waals surface area contributed by atoms with Crippen LogP contribution in [0.2, 0.25) is 0 Å². The summed E-state index contributed by atoms with van der Waals surface area (Å²) in [5.41, 5.74) is 3.14. The molecule has 3 nitrogen and oxygen atoms in total. The van der Waals surface area contributed by atoms with Crippen LogP contribution in [0.5, 0.6) is 0 Å². The summed E-state index contributed by atoms with van der Waals surface area (Å²) < 4.78 is 0. The van der Waals surface area contributed by atoms with E-state index in [2.05, 4.69) is 22.1 Å². The van der Waals surface area contributed by atoms with Crippen LogP contribution in [0.25, 0.3) is 10.9 Å². The molecule has 3 rings (SSSR count). The maximum atomic E-state index is 11.7. The molecule has 1 N–H and O–H groups in total. The number of hydrogen-bond donors (Lipinski definition) is 1. The number of hydrogen-bond acceptors (Lipinski definition) is 2. The van der Waals surface area contributed by atoms with Gasteiger partial charge in [-0.3, -0.25) is 4.79 Å². The zero-order chi connectivity index (χ0) is 13.1.